The second kappa shape index (κ2) is 7.33. The van der Waals surface area contributed by atoms with E-state index >= 15 is 0 Å². The number of anilines is 1. The summed E-state index contributed by atoms with van der Waals surface area (Å²) in [5.74, 6) is -1.35. The molecule has 1 heterocycles. The minimum Gasteiger partial charge on any atom is -0.478 e. The van der Waals surface area contributed by atoms with E-state index in [1.165, 1.54) is 17.0 Å². The van der Waals surface area contributed by atoms with Gasteiger partial charge in [0.2, 0.25) is 5.91 Å². The molecule has 24 heavy (non-hydrogen) atoms. The molecule has 0 aromatic heterocycles. The summed E-state index contributed by atoms with van der Waals surface area (Å²) in [4.78, 5) is 37.4. The molecule has 3 N–H and O–H groups in total. The first-order valence-corrected chi connectivity index (χ1v) is 8.01. The molecule has 7 heteroatoms. The van der Waals surface area contributed by atoms with Gasteiger partial charge in [-0.15, -0.1) is 0 Å². The Hall–Kier alpha value is -2.57. The second-order valence-corrected chi connectivity index (χ2v) is 6.28. The van der Waals surface area contributed by atoms with Crippen LogP contribution in [0.3, 0.4) is 0 Å². The number of carbonyl (C=O) groups excluding carboxylic acids is 2. The zero-order chi connectivity index (χ0) is 17.9. The normalized spacial score (nSPS) is 17.0. The summed E-state index contributed by atoms with van der Waals surface area (Å²) in [5.41, 5.74) is 1.33. The van der Waals surface area contributed by atoms with Gasteiger partial charge in [0.15, 0.2) is 0 Å². The van der Waals surface area contributed by atoms with E-state index in [9.17, 15) is 14.4 Å². The summed E-state index contributed by atoms with van der Waals surface area (Å²) in [6.07, 6.45) is 1.35. The fourth-order valence-electron chi connectivity index (χ4n) is 2.72. The molecule has 7 nitrogen and oxygen atoms in total. The summed E-state index contributed by atoms with van der Waals surface area (Å²) < 4.78 is 0. The van der Waals surface area contributed by atoms with Crippen LogP contribution in [0.25, 0.3) is 0 Å². The van der Waals surface area contributed by atoms with Gasteiger partial charge in [-0.05, 0) is 51.3 Å². The smallest absolute Gasteiger partial charge is 0.335 e. The van der Waals surface area contributed by atoms with Gasteiger partial charge in [0, 0.05) is 18.3 Å². The predicted octanol–water partition coefficient (Wildman–Crippen LogP) is 2.21. The van der Waals surface area contributed by atoms with Crippen molar-refractivity contribution >= 4 is 23.6 Å². The monoisotopic (exact) mass is 333 g/mol. The van der Waals surface area contributed by atoms with Crippen molar-refractivity contribution in [2.75, 3.05) is 11.9 Å². The Kier molecular flexibility index (Phi) is 5.43. The largest absolute Gasteiger partial charge is 0.478 e. The van der Waals surface area contributed by atoms with E-state index < -0.39 is 12.0 Å². The third-order valence-electron chi connectivity index (χ3n) is 3.97. The molecule has 2 rings (SSSR count). The van der Waals surface area contributed by atoms with Crippen LogP contribution >= 0.6 is 0 Å². The topological polar surface area (TPSA) is 98.7 Å². The number of amides is 3. The molecule has 130 valence electrons. The van der Waals surface area contributed by atoms with E-state index in [-0.39, 0.29) is 23.5 Å². The van der Waals surface area contributed by atoms with Crippen LogP contribution in [-0.2, 0) is 4.79 Å². The number of aryl methyl sites for hydroxylation is 1. The molecule has 1 aliphatic heterocycles. The van der Waals surface area contributed by atoms with Crippen molar-refractivity contribution in [3.05, 3.63) is 29.3 Å². The van der Waals surface area contributed by atoms with Crippen LogP contribution in [0.15, 0.2) is 18.2 Å². The van der Waals surface area contributed by atoms with Gasteiger partial charge in [0.1, 0.15) is 6.04 Å². The van der Waals surface area contributed by atoms with E-state index in [4.69, 9.17) is 5.11 Å². The predicted molar refractivity (Wildman–Crippen MR) is 90.2 cm³/mol. The van der Waals surface area contributed by atoms with Gasteiger partial charge in [-0.3, -0.25) is 4.79 Å². The van der Waals surface area contributed by atoms with E-state index in [1.54, 1.807) is 13.0 Å². The quantitative estimate of drug-likeness (QED) is 0.787. The molecular weight excluding hydrogens is 310 g/mol. The third kappa shape index (κ3) is 4.04. The van der Waals surface area contributed by atoms with E-state index in [1.807, 2.05) is 13.8 Å². The number of carboxylic acid groups (broad SMARTS) is 1. The highest BCUT2D eigenvalue weighted by atomic mass is 16.4. The molecule has 1 aromatic carbocycles. The number of carboxylic acids is 1. The van der Waals surface area contributed by atoms with Crippen LogP contribution in [0.4, 0.5) is 10.5 Å². The minimum atomic E-state index is -1.05. The Morgan fingerprint density at radius 1 is 1.29 bits per heavy atom. The molecule has 0 bridgehead atoms. The minimum absolute atomic E-state index is 0.00342. The van der Waals surface area contributed by atoms with Crippen molar-refractivity contribution in [2.24, 2.45) is 0 Å². The lowest BCUT2D eigenvalue weighted by Crippen LogP contribution is -2.49. The summed E-state index contributed by atoms with van der Waals surface area (Å²) in [6, 6.07) is 3.78. The molecule has 0 aliphatic carbocycles. The number of rotatable bonds is 4. The maximum atomic E-state index is 12.6. The van der Waals surface area contributed by atoms with E-state index in [2.05, 4.69) is 10.6 Å². The molecule has 0 radical (unpaired) electrons. The zero-order valence-corrected chi connectivity index (χ0v) is 14.1. The number of aromatic carboxylic acids is 1. The molecule has 1 aliphatic rings. The van der Waals surface area contributed by atoms with Crippen molar-refractivity contribution in [1.29, 1.82) is 0 Å². The molecule has 0 spiro atoms. The number of nitrogens with one attached hydrogen (secondary N) is 2. The fourth-order valence-corrected chi connectivity index (χ4v) is 2.72. The summed E-state index contributed by atoms with van der Waals surface area (Å²) in [5, 5.41) is 14.6. The number of hydrogen-bond acceptors (Lipinski definition) is 3. The van der Waals surface area contributed by atoms with Crippen LogP contribution in [0.1, 0.15) is 42.6 Å². The number of carbonyl (C=O) groups is 3. The lowest BCUT2D eigenvalue weighted by Gasteiger charge is -2.25. The first-order chi connectivity index (χ1) is 11.3. The Bertz CT molecular complexity index is 657. The summed E-state index contributed by atoms with van der Waals surface area (Å²) in [6.45, 7) is 6.05. The molecule has 3 amide bonds. The number of hydrogen-bond donors (Lipinski definition) is 3. The van der Waals surface area contributed by atoms with Gasteiger partial charge < -0.3 is 20.6 Å². The van der Waals surface area contributed by atoms with Crippen molar-refractivity contribution in [3.8, 4) is 0 Å². The van der Waals surface area contributed by atoms with E-state index in [0.29, 0.717) is 18.7 Å². The third-order valence-corrected chi connectivity index (χ3v) is 3.97. The van der Waals surface area contributed by atoms with Crippen molar-refractivity contribution in [1.82, 2.24) is 10.2 Å². The first kappa shape index (κ1) is 17.8. The maximum Gasteiger partial charge on any atom is 0.335 e. The molecule has 0 saturated carbocycles. The highest BCUT2D eigenvalue weighted by molar-refractivity contribution is 5.99. The van der Waals surface area contributed by atoms with Gasteiger partial charge in [-0.25, -0.2) is 9.59 Å². The number of nitrogens with zero attached hydrogens (tertiary/aromatic N) is 1. The zero-order valence-electron chi connectivity index (χ0n) is 14.1. The lowest BCUT2D eigenvalue weighted by atomic mass is 10.1. The molecule has 1 aromatic rings. The van der Waals surface area contributed by atoms with Crippen molar-refractivity contribution in [3.63, 3.8) is 0 Å². The van der Waals surface area contributed by atoms with Gasteiger partial charge in [-0.2, -0.15) is 0 Å². The summed E-state index contributed by atoms with van der Waals surface area (Å²) in [7, 11) is 0. The highest BCUT2D eigenvalue weighted by Gasteiger charge is 2.34. The molecule has 1 saturated heterocycles. The summed E-state index contributed by atoms with van der Waals surface area (Å²) >= 11 is 0. The van der Waals surface area contributed by atoms with E-state index in [0.717, 1.165) is 12.0 Å². The van der Waals surface area contributed by atoms with Crippen molar-refractivity contribution < 1.29 is 19.5 Å². The standard InChI is InChI=1S/C17H23N3O4/c1-10(2)18-17(24)20-8-4-5-14(20)15(21)19-13-9-12(16(22)23)7-6-11(13)3/h6-7,9-10,14H,4-5,8H2,1-3H3,(H,18,24)(H,19,21)(H,22,23)/t14-/m0/s1. The average Bonchev–Trinajstić information content (AvgIpc) is 2.98. The molecular formula is C17H23N3O4. The molecule has 1 atom stereocenters. The van der Waals surface area contributed by atoms with Crippen LogP contribution in [0.5, 0.6) is 0 Å². The van der Waals surface area contributed by atoms with Gasteiger partial charge in [0.25, 0.3) is 0 Å². The SMILES string of the molecule is Cc1ccc(C(=O)O)cc1NC(=O)[C@@H]1CCCN1C(=O)NC(C)C. The number of urea groups is 1. The van der Waals surface area contributed by atoms with Crippen LogP contribution in [-0.4, -0.2) is 46.5 Å². The Morgan fingerprint density at radius 3 is 2.62 bits per heavy atom. The Balaban J connectivity index is 2.13. The number of likely N-dealkylation sites (tertiary alicyclic amines) is 1. The Labute approximate surface area is 141 Å². The van der Waals surface area contributed by atoms with Gasteiger partial charge >= 0.3 is 12.0 Å². The van der Waals surface area contributed by atoms with Crippen LogP contribution in [0, 0.1) is 6.92 Å². The van der Waals surface area contributed by atoms with Crippen LogP contribution in [0.2, 0.25) is 0 Å². The second-order valence-electron chi connectivity index (χ2n) is 6.28. The number of benzene rings is 1. The molecule has 1 fully saturated rings. The van der Waals surface area contributed by atoms with Gasteiger partial charge in [0.05, 0.1) is 5.56 Å². The fraction of sp³-hybridized carbons (Fsp3) is 0.471. The van der Waals surface area contributed by atoms with Crippen LogP contribution < -0.4 is 10.6 Å². The lowest BCUT2D eigenvalue weighted by molar-refractivity contribution is -0.119. The Morgan fingerprint density at radius 2 is 2.00 bits per heavy atom. The van der Waals surface area contributed by atoms with Gasteiger partial charge in [-0.1, -0.05) is 6.07 Å². The average molecular weight is 333 g/mol. The maximum absolute atomic E-state index is 12.6. The van der Waals surface area contributed by atoms with Crippen molar-refractivity contribution in [2.45, 2.75) is 45.7 Å². The highest BCUT2D eigenvalue weighted by Crippen LogP contribution is 2.22. The molecule has 0 unspecified atom stereocenters. The first-order valence-electron chi connectivity index (χ1n) is 8.01.